The smallest absolute Gasteiger partial charge is 0.0671 e. The molecule has 0 bridgehead atoms. The SMILES string of the molecule is CCNCC(C)OCC1CC1. The molecule has 0 radical (unpaired) electrons. The Morgan fingerprint density at radius 3 is 2.82 bits per heavy atom. The summed E-state index contributed by atoms with van der Waals surface area (Å²) in [5, 5.41) is 3.27. The van der Waals surface area contributed by atoms with Crippen LogP contribution in [0.4, 0.5) is 0 Å². The van der Waals surface area contributed by atoms with Crippen molar-refractivity contribution in [2.24, 2.45) is 5.92 Å². The van der Waals surface area contributed by atoms with Crippen molar-refractivity contribution >= 4 is 0 Å². The average Bonchev–Trinajstić information content (AvgIpc) is 2.80. The van der Waals surface area contributed by atoms with Crippen molar-refractivity contribution in [1.29, 1.82) is 0 Å². The van der Waals surface area contributed by atoms with Gasteiger partial charge in [0.2, 0.25) is 0 Å². The summed E-state index contributed by atoms with van der Waals surface area (Å²) in [6, 6.07) is 0. The van der Waals surface area contributed by atoms with Gasteiger partial charge in [0.05, 0.1) is 6.10 Å². The van der Waals surface area contributed by atoms with Crippen LogP contribution in [0.2, 0.25) is 0 Å². The van der Waals surface area contributed by atoms with Gasteiger partial charge < -0.3 is 10.1 Å². The van der Waals surface area contributed by atoms with Gasteiger partial charge in [0.15, 0.2) is 0 Å². The van der Waals surface area contributed by atoms with Crippen LogP contribution in [0.5, 0.6) is 0 Å². The zero-order valence-corrected chi connectivity index (χ0v) is 7.60. The molecule has 1 N–H and O–H groups in total. The van der Waals surface area contributed by atoms with E-state index in [1.807, 2.05) is 0 Å². The highest BCUT2D eigenvalue weighted by molar-refractivity contribution is 4.72. The maximum absolute atomic E-state index is 5.61. The van der Waals surface area contributed by atoms with Crippen LogP contribution in [0.15, 0.2) is 0 Å². The minimum atomic E-state index is 0.385. The number of likely N-dealkylation sites (N-methyl/N-ethyl adjacent to an activating group) is 1. The molecule has 0 aliphatic heterocycles. The highest BCUT2D eigenvalue weighted by Gasteiger charge is 2.21. The second-order valence-corrected chi connectivity index (χ2v) is 3.40. The summed E-state index contributed by atoms with van der Waals surface area (Å²) in [7, 11) is 0. The molecule has 1 saturated carbocycles. The van der Waals surface area contributed by atoms with Gasteiger partial charge in [-0.15, -0.1) is 0 Å². The molecule has 0 amide bonds. The van der Waals surface area contributed by atoms with Gasteiger partial charge in [-0.05, 0) is 32.2 Å². The average molecular weight is 157 g/mol. The maximum atomic E-state index is 5.61. The highest BCUT2D eigenvalue weighted by atomic mass is 16.5. The molecule has 11 heavy (non-hydrogen) atoms. The summed E-state index contributed by atoms with van der Waals surface area (Å²) in [6.07, 6.45) is 3.15. The van der Waals surface area contributed by atoms with Crippen LogP contribution in [0.25, 0.3) is 0 Å². The first kappa shape index (κ1) is 9.01. The van der Waals surface area contributed by atoms with E-state index in [9.17, 15) is 0 Å². The second kappa shape index (κ2) is 4.73. The van der Waals surface area contributed by atoms with Gasteiger partial charge in [-0.1, -0.05) is 6.92 Å². The lowest BCUT2D eigenvalue weighted by Gasteiger charge is -2.12. The van der Waals surface area contributed by atoms with E-state index in [4.69, 9.17) is 4.74 Å². The van der Waals surface area contributed by atoms with Crippen LogP contribution >= 0.6 is 0 Å². The molecule has 0 spiro atoms. The van der Waals surface area contributed by atoms with Gasteiger partial charge >= 0.3 is 0 Å². The summed E-state index contributed by atoms with van der Waals surface area (Å²) in [5.74, 6) is 0.888. The molecule has 2 heteroatoms. The fourth-order valence-electron chi connectivity index (χ4n) is 0.991. The lowest BCUT2D eigenvalue weighted by atomic mass is 10.4. The first-order valence-corrected chi connectivity index (χ1v) is 4.65. The molecule has 1 fully saturated rings. The lowest BCUT2D eigenvalue weighted by molar-refractivity contribution is 0.0587. The van der Waals surface area contributed by atoms with Crippen LogP contribution in [-0.4, -0.2) is 25.8 Å². The van der Waals surface area contributed by atoms with Crippen molar-refractivity contribution in [3.05, 3.63) is 0 Å². The monoisotopic (exact) mass is 157 g/mol. The van der Waals surface area contributed by atoms with Gasteiger partial charge in [-0.2, -0.15) is 0 Å². The van der Waals surface area contributed by atoms with Crippen molar-refractivity contribution in [3.8, 4) is 0 Å². The van der Waals surface area contributed by atoms with Gasteiger partial charge in [0.25, 0.3) is 0 Å². The molecule has 0 aromatic heterocycles. The fourth-order valence-corrected chi connectivity index (χ4v) is 0.991. The van der Waals surface area contributed by atoms with Crippen LogP contribution in [0, 0.1) is 5.92 Å². The third-order valence-corrected chi connectivity index (χ3v) is 2.00. The number of nitrogens with one attached hydrogen (secondary N) is 1. The minimum absolute atomic E-state index is 0.385. The number of rotatable bonds is 6. The zero-order valence-electron chi connectivity index (χ0n) is 7.60. The standard InChI is InChI=1S/C9H19NO/c1-3-10-6-8(2)11-7-9-4-5-9/h8-10H,3-7H2,1-2H3. The Bertz CT molecular complexity index is 102. The van der Waals surface area contributed by atoms with Crippen molar-refractivity contribution in [1.82, 2.24) is 5.32 Å². The molecular formula is C9H19NO. The summed E-state index contributed by atoms with van der Waals surface area (Å²) in [6.45, 7) is 7.26. The van der Waals surface area contributed by atoms with E-state index in [1.54, 1.807) is 0 Å². The summed E-state index contributed by atoms with van der Waals surface area (Å²) >= 11 is 0. The van der Waals surface area contributed by atoms with Gasteiger partial charge in [-0.3, -0.25) is 0 Å². The third-order valence-electron chi connectivity index (χ3n) is 2.00. The van der Waals surface area contributed by atoms with Crippen LogP contribution < -0.4 is 5.32 Å². The Kier molecular flexibility index (Phi) is 3.87. The first-order valence-electron chi connectivity index (χ1n) is 4.65. The maximum Gasteiger partial charge on any atom is 0.0671 e. The van der Waals surface area contributed by atoms with Crippen molar-refractivity contribution in [3.63, 3.8) is 0 Å². The largest absolute Gasteiger partial charge is 0.377 e. The summed E-state index contributed by atoms with van der Waals surface area (Å²) in [4.78, 5) is 0. The number of ether oxygens (including phenoxy) is 1. The quantitative estimate of drug-likeness (QED) is 0.629. The number of hydrogen-bond acceptors (Lipinski definition) is 2. The van der Waals surface area contributed by atoms with Crippen LogP contribution in [0.1, 0.15) is 26.7 Å². The van der Waals surface area contributed by atoms with Crippen molar-refractivity contribution in [2.75, 3.05) is 19.7 Å². The molecule has 0 saturated heterocycles. The van der Waals surface area contributed by atoms with E-state index in [0.29, 0.717) is 6.10 Å². The molecule has 1 atom stereocenters. The van der Waals surface area contributed by atoms with E-state index in [2.05, 4.69) is 19.2 Å². The molecule has 1 aliphatic rings. The molecule has 0 aromatic carbocycles. The Morgan fingerprint density at radius 1 is 1.55 bits per heavy atom. The first-order chi connectivity index (χ1) is 5.33. The van der Waals surface area contributed by atoms with Gasteiger partial charge in [-0.25, -0.2) is 0 Å². The summed E-state index contributed by atoms with van der Waals surface area (Å²) in [5.41, 5.74) is 0. The second-order valence-electron chi connectivity index (χ2n) is 3.40. The van der Waals surface area contributed by atoms with E-state index >= 15 is 0 Å². The van der Waals surface area contributed by atoms with Crippen molar-refractivity contribution < 1.29 is 4.74 Å². The summed E-state index contributed by atoms with van der Waals surface area (Å²) < 4.78 is 5.61. The third kappa shape index (κ3) is 4.38. The van der Waals surface area contributed by atoms with Gasteiger partial charge in [0.1, 0.15) is 0 Å². The van der Waals surface area contributed by atoms with Gasteiger partial charge in [0, 0.05) is 13.2 Å². The van der Waals surface area contributed by atoms with E-state index in [1.165, 1.54) is 12.8 Å². The Hall–Kier alpha value is -0.0800. The minimum Gasteiger partial charge on any atom is -0.377 e. The predicted octanol–water partition coefficient (Wildman–Crippen LogP) is 1.41. The van der Waals surface area contributed by atoms with E-state index in [-0.39, 0.29) is 0 Å². The van der Waals surface area contributed by atoms with E-state index < -0.39 is 0 Å². The molecule has 1 rings (SSSR count). The molecule has 1 unspecified atom stereocenters. The molecular weight excluding hydrogens is 138 g/mol. The molecule has 66 valence electrons. The normalized spacial score (nSPS) is 20.2. The molecule has 0 aromatic rings. The van der Waals surface area contributed by atoms with Crippen LogP contribution in [-0.2, 0) is 4.74 Å². The predicted molar refractivity (Wildman–Crippen MR) is 46.7 cm³/mol. The Labute approximate surface area is 69.3 Å². The lowest BCUT2D eigenvalue weighted by Crippen LogP contribution is -2.27. The van der Waals surface area contributed by atoms with Crippen molar-refractivity contribution in [2.45, 2.75) is 32.8 Å². The highest BCUT2D eigenvalue weighted by Crippen LogP contribution is 2.29. The molecule has 1 aliphatic carbocycles. The van der Waals surface area contributed by atoms with E-state index in [0.717, 1.165) is 25.6 Å². The molecule has 2 nitrogen and oxygen atoms in total. The Balaban J connectivity index is 1.87. The Morgan fingerprint density at radius 2 is 2.27 bits per heavy atom. The van der Waals surface area contributed by atoms with Crippen LogP contribution in [0.3, 0.4) is 0 Å². The zero-order chi connectivity index (χ0) is 8.10. The topological polar surface area (TPSA) is 21.3 Å². The fraction of sp³-hybridized carbons (Fsp3) is 1.00. The number of hydrogen-bond donors (Lipinski definition) is 1. The molecule has 0 heterocycles.